The minimum absolute atomic E-state index is 0.157. The zero-order chi connectivity index (χ0) is 10.7. The van der Waals surface area contributed by atoms with Crippen LogP contribution in [-0.2, 0) is 6.54 Å². The van der Waals surface area contributed by atoms with Crippen molar-refractivity contribution in [2.45, 2.75) is 6.54 Å². The monoisotopic (exact) mass is 205 g/mol. The van der Waals surface area contributed by atoms with Crippen LogP contribution in [0, 0.1) is 0 Å². The van der Waals surface area contributed by atoms with Crippen molar-refractivity contribution in [2.24, 2.45) is 0 Å². The maximum atomic E-state index is 5.52. The molecule has 0 unspecified atom stereocenters. The van der Waals surface area contributed by atoms with Crippen LogP contribution in [0.25, 0.3) is 0 Å². The molecule has 0 aliphatic carbocycles. The van der Waals surface area contributed by atoms with Gasteiger partial charge in [-0.15, -0.1) is 0 Å². The molecular weight excluding hydrogens is 194 g/mol. The van der Waals surface area contributed by atoms with Crippen LogP contribution in [0.4, 0.5) is 17.6 Å². The van der Waals surface area contributed by atoms with E-state index in [4.69, 9.17) is 15.9 Å². The zero-order valence-electron chi connectivity index (χ0n) is 7.97. The van der Waals surface area contributed by atoms with Crippen LogP contribution in [0.2, 0.25) is 0 Å². The van der Waals surface area contributed by atoms with E-state index >= 15 is 0 Å². The molecule has 0 saturated heterocycles. The highest BCUT2D eigenvalue weighted by Crippen LogP contribution is 2.10. The molecule has 0 aromatic carbocycles. The molecule has 78 valence electrons. The van der Waals surface area contributed by atoms with Crippen LogP contribution < -0.4 is 16.8 Å². The van der Waals surface area contributed by atoms with Gasteiger partial charge in [0, 0.05) is 18.2 Å². The molecule has 0 fully saturated rings. The summed E-state index contributed by atoms with van der Waals surface area (Å²) >= 11 is 0. The first-order valence-electron chi connectivity index (χ1n) is 4.39. The van der Waals surface area contributed by atoms with Gasteiger partial charge in [-0.05, 0) is 6.07 Å². The summed E-state index contributed by atoms with van der Waals surface area (Å²) < 4.78 is 4.93. The van der Waals surface area contributed by atoms with Crippen LogP contribution in [-0.4, -0.2) is 9.97 Å². The lowest BCUT2D eigenvalue weighted by Gasteiger charge is -2.04. The van der Waals surface area contributed by atoms with Crippen LogP contribution in [0.15, 0.2) is 29.1 Å². The molecule has 2 rings (SSSR count). The van der Waals surface area contributed by atoms with Gasteiger partial charge in [-0.3, -0.25) is 0 Å². The summed E-state index contributed by atoms with van der Waals surface area (Å²) in [4.78, 5) is 7.74. The number of nitrogens with one attached hydrogen (secondary N) is 1. The number of hydrogen-bond donors (Lipinski definition) is 3. The van der Waals surface area contributed by atoms with Crippen molar-refractivity contribution in [2.75, 3.05) is 16.8 Å². The Morgan fingerprint density at radius 3 is 2.87 bits per heavy atom. The first kappa shape index (κ1) is 9.32. The Balaban J connectivity index is 2.05. The minimum Gasteiger partial charge on any atom is -0.472 e. The Morgan fingerprint density at radius 1 is 1.33 bits per heavy atom. The molecule has 0 bridgehead atoms. The lowest BCUT2D eigenvalue weighted by Crippen LogP contribution is -2.05. The van der Waals surface area contributed by atoms with E-state index in [-0.39, 0.29) is 5.95 Å². The molecule has 2 aromatic heterocycles. The first-order valence-corrected chi connectivity index (χ1v) is 4.39. The van der Waals surface area contributed by atoms with Gasteiger partial charge < -0.3 is 21.2 Å². The number of nitrogens with zero attached hydrogens (tertiary/aromatic N) is 2. The number of nitrogen functional groups attached to an aromatic ring is 2. The normalized spacial score (nSPS) is 10.1. The van der Waals surface area contributed by atoms with Crippen molar-refractivity contribution in [1.82, 2.24) is 9.97 Å². The summed E-state index contributed by atoms with van der Waals surface area (Å²) in [7, 11) is 0. The second-order valence-electron chi connectivity index (χ2n) is 3.02. The smallest absolute Gasteiger partial charge is 0.223 e. The molecule has 0 aliphatic rings. The second-order valence-corrected chi connectivity index (χ2v) is 3.02. The maximum absolute atomic E-state index is 5.52. The number of rotatable bonds is 3. The fourth-order valence-electron chi connectivity index (χ4n) is 1.16. The number of anilines is 3. The highest BCUT2D eigenvalue weighted by molar-refractivity contribution is 5.48. The molecule has 15 heavy (non-hydrogen) atoms. The molecule has 0 spiro atoms. The fraction of sp³-hybridized carbons (Fsp3) is 0.111. The van der Waals surface area contributed by atoms with Gasteiger partial charge in [-0.2, -0.15) is 9.97 Å². The van der Waals surface area contributed by atoms with Crippen molar-refractivity contribution < 1.29 is 4.42 Å². The quantitative estimate of drug-likeness (QED) is 0.686. The third-order valence-electron chi connectivity index (χ3n) is 1.82. The largest absolute Gasteiger partial charge is 0.472 e. The van der Waals surface area contributed by atoms with E-state index in [2.05, 4.69) is 15.3 Å². The Labute approximate surface area is 86.3 Å². The second kappa shape index (κ2) is 3.87. The average molecular weight is 205 g/mol. The van der Waals surface area contributed by atoms with Gasteiger partial charge in [-0.1, -0.05) is 0 Å². The van der Waals surface area contributed by atoms with E-state index < -0.39 is 0 Å². The predicted molar refractivity (Wildman–Crippen MR) is 56.9 cm³/mol. The molecule has 2 aromatic rings. The summed E-state index contributed by atoms with van der Waals surface area (Å²) in [5.74, 6) is 1.10. The summed E-state index contributed by atoms with van der Waals surface area (Å²) in [6, 6.07) is 3.48. The molecule has 0 aliphatic heterocycles. The molecule has 0 amide bonds. The fourth-order valence-corrected chi connectivity index (χ4v) is 1.16. The molecule has 5 N–H and O–H groups in total. The van der Waals surface area contributed by atoms with Gasteiger partial charge in [-0.25, -0.2) is 0 Å². The van der Waals surface area contributed by atoms with E-state index in [1.807, 2.05) is 6.07 Å². The Morgan fingerprint density at radius 2 is 2.20 bits per heavy atom. The van der Waals surface area contributed by atoms with Crippen LogP contribution in [0.1, 0.15) is 5.56 Å². The number of nitrogens with two attached hydrogens (primary N) is 2. The van der Waals surface area contributed by atoms with E-state index in [1.165, 1.54) is 0 Å². The molecule has 0 saturated carbocycles. The lowest BCUT2D eigenvalue weighted by atomic mass is 10.3. The van der Waals surface area contributed by atoms with Crippen LogP contribution in [0.3, 0.4) is 0 Å². The summed E-state index contributed by atoms with van der Waals surface area (Å²) in [5, 5.41) is 3.06. The molecule has 6 nitrogen and oxygen atoms in total. The van der Waals surface area contributed by atoms with Crippen LogP contribution in [0.5, 0.6) is 0 Å². The summed E-state index contributed by atoms with van der Waals surface area (Å²) in [6.45, 7) is 0.604. The highest BCUT2D eigenvalue weighted by Gasteiger charge is 2.00. The molecule has 6 heteroatoms. The van der Waals surface area contributed by atoms with Gasteiger partial charge in [0.05, 0.1) is 12.5 Å². The third kappa shape index (κ3) is 2.37. The van der Waals surface area contributed by atoms with Gasteiger partial charge >= 0.3 is 0 Å². The van der Waals surface area contributed by atoms with E-state index in [0.29, 0.717) is 18.2 Å². The van der Waals surface area contributed by atoms with Crippen molar-refractivity contribution in [3.8, 4) is 0 Å². The maximum Gasteiger partial charge on any atom is 0.223 e. The molecule has 2 heterocycles. The topological polar surface area (TPSA) is 103 Å². The molecular formula is C9H11N5O. The highest BCUT2D eigenvalue weighted by atomic mass is 16.3. The van der Waals surface area contributed by atoms with Gasteiger partial charge in [0.1, 0.15) is 11.6 Å². The number of aromatic nitrogens is 2. The number of furan rings is 1. The third-order valence-corrected chi connectivity index (χ3v) is 1.82. The summed E-state index contributed by atoms with van der Waals surface area (Å²) in [6.07, 6.45) is 3.26. The van der Waals surface area contributed by atoms with Gasteiger partial charge in [0.15, 0.2) is 0 Å². The van der Waals surface area contributed by atoms with E-state index in [1.54, 1.807) is 18.6 Å². The zero-order valence-corrected chi connectivity index (χ0v) is 7.97. The first-order chi connectivity index (χ1) is 7.24. The standard InChI is InChI=1S/C9H11N5O/c10-7-3-8(14-9(11)13-7)12-4-6-1-2-15-5-6/h1-3,5H,4H2,(H5,10,11,12,13,14). The van der Waals surface area contributed by atoms with Gasteiger partial charge in [0.25, 0.3) is 0 Å². The van der Waals surface area contributed by atoms with Crippen molar-refractivity contribution in [3.05, 3.63) is 30.2 Å². The lowest BCUT2D eigenvalue weighted by molar-refractivity contribution is 0.564. The van der Waals surface area contributed by atoms with Crippen molar-refractivity contribution in [3.63, 3.8) is 0 Å². The van der Waals surface area contributed by atoms with E-state index in [9.17, 15) is 0 Å². The van der Waals surface area contributed by atoms with Crippen molar-refractivity contribution >= 4 is 17.6 Å². The SMILES string of the molecule is Nc1cc(NCc2ccoc2)nc(N)n1. The summed E-state index contributed by atoms with van der Waals surface area (Å²) in [5.41, 5.74) is 12.0. The Bertz CT molecular complexity index is 420. The Hall–Kier alpha value is -2.24. The van der Waals surface area contributed by atoms with Crippen molar-refractivity contribution in [1.29, 1.82) is 0 Å². The average Bonchev–Trinajstić information content (AvgIpc) is 2.65. The van der Waals surface area contributed by atoms with E-state index in [0.717, 1.165) is 5.56 Å². The molecule has 0 atom stereocenters. The predicted octanol–water partition coefficient (Wildman–Crippen LogP) is 0.846. The minimum atomic E-state index is 0.157. The Kier molecular flexibility index (Phi) is 2.40. The number of hydrogen-bond acceptors (Lipinski definition) is 6. The van der Waals surface area contributed by atoms with Gasteiger partial charge in [0.2, 0.25) is 5.95 Å². The van der Waals surface area contributed by atoms with Crippen LogP contribution >= 0.6 is 0 Å². The molecule has 0 radical (unpaired) electrons.